The van der Waals surface area contributed by atoms with Gasteiger partial charge in [-0.1, -0.05) is 0 Å². The van der Waals surface area contributed by atoms with Gasteiger partial charge in [-0.3, -0.25) is 9.59 Å². The molecule has 0 aliphatic carbocycles. The SMILES string of the molecule is Cc1nc(C)c2nc(CN(C)c3ccc(C(=O)N[C@@H](CCC(=O)O)C(=O)O)cc3)cnc2n1. The van der Waals surface area contributed by atoms with Crippen LogP contribution < -0.4 is 10.2 Å². The molecule has 0 aliphatic rings. The van der Waals surface area contributed by atoms with Crippen LogP contribution in [0.2, 0.25) is 0 Å². The highest BCUT2D eigenvalue weighted by atomic mass is 16.4. The molecule has 0 radical (unpaired) electrons. The van der Waals surface area contributed by atoms with Crippen LogP contribution in [0, 0.1) is 13.8 Å². The van der Waals surface area contributed by atoms with Gasteiger partial charge in [0.2, 0.25) is 0 Å². The zero-order valence-electron chi connectivity index (χ0n) is 18.4. The van der Waals surface area contributed by atoms with E-state index in [-0.39, 0.29) is 18.4 Å². The zero-order valence-corrected chi connectivity index (χ0v) is 18.4. The van der Waals surface area contributed by atoms with Gasteiger partial charge in [-0.2, -0.15) is 0 Å². The van der Waals surface area contributed by atoms with E-state index in [2.05, 4.69) is 25.3 Å². The van der Waals surface area contributed by atoms with Gasteiger partial charge in [0.1, 0.15) is 17.4 Å². The number of anilines is 1. The van der Waals surface area contributed by atoms with Gasteiger partial charge in [-0.25, -0.2) is 24.7 Å². The van der Waals surface area contributed by atoms with Crippen LogP contribution in [0.1, 0.15) is 40.4 Å². The molecule has 1 atom stereocenters. The molecule has 2 aromatic heterocycles. The van der Waals surface area contributed by atoms with Crippen molar-refractivity contribution in [3.05, 3.63) is 53.2 Å². The molecule has 11 heteroatoms. The third-order valence-electron chi connectivity index (χ3n) is 4.96. The Morgan fingerprint density at radius 1 is 1.06 bits per heavy atom. The first-order valence-electron chi connectivity index (χ1n) is 10.2. The number of aliphatic carboxylic acids is 2. The Morgan fingerprint density at radius 3 is 2.39 bits per heavy atom. The van der Waals surface area contributed by atoms with Crippen molar-refractivity contribution in [2.75, 3.05) is 11.9 Å². The quantitative estimate of drug-likeness (QED) is 0.436. The minimum Gasteiger partial charge on any atom is -0.481 e. The topological polar surface area (TPSA) is 158 Å². The summed E-state index contributed by atoms with van der Waals surface area (Å²) in [5.74, 6) is -2.36. The maximum absolute atomic E-state index is 12.4. The van der Waals surface area contributed by atoms with E-state index in [0.717, 1.165) is 17.1 Å². The van der Waals surface area contributed by atoms with E-state index in [0.29, 0.717) is 23.5 Å². The number of nitrogens with zero attached hydrogens (tertiary/aromatic N) is 5. The molecule has 1 amide bonds. The number of carboxylic acids is 2. The van der Waals surface area contributed by atoms with Crippen molar-refractivity contribution in [1.82, 2.24) is 25.3 Å². The van der Waals surface area contributed by atoms with E-state index in [1.807, 2.05) is 18.9 Å². The van der Waals surface area contributed by atoms with Gasteiger partial charge >= 0.3 is 11.9 Å². The number of hydrogen-bond acceptors (Lipinski definition) is 8. The number of nitrogens with one attached hydrogen (secondary N) is 1. The summed E-state index contributed by atoms with van der Waals surface area (Å²) in [6, 6.07) is 5.33. The van der Waals surface area contributed by atoms with E-state index in [1.54, 1.807) is 37.4 Å². The first-order valence-corrected chi connectivity index (χ1v) is 10.2. The molecule has 11 nitrogen and oxygen atoms in total. The summed E-state index contributed by atoms with van der Waals surface area (Å²) < 4.78 is 0. The summed E-state index contributed by atoms with van der Waals surface area (Å²) >= 11 is 0. The summed E-state index contributed by atoms with van der Waals surface area (Å²) in [6.45, 7) is 4.12. The molecular weight excluding hydrogens is 428 g/mol. The fourth-order valence-electron chi connectivity index (χ4n) is 3.26. The first kappa shape index (κ1) is 23.5. The summed E-state index contributed by atoms with van der Waals surface area (Å²) in [5.41, 5.74) is 3.76. The van der Waals surface area contributed by atoms with Gasteiger partial charge in [0, 0.05) is 24.7 Å². The number of carboxylic acid groups (broad SMARTS) is 2. The van der Waals surface area contributed by atoms with Crippen LogP contribution in [0.25, 0.3) is 11.2 Å². The number of carbonyl (C=O) groups is 3. The lowest BCUT2D eigenvalue weighted by Gasteiger charge is -2.19. The molecule has 0 saturated heterocycles. The fraction of sp³-hybridized carbons (Fsp3) is 0.318. The van der Waals surface area contributed by atoms with E-state index >= 15 is 0 Å². The monoisotopic (exact) mass is 452 g/mol. The van der Waals surface area contributed by atoms with Crippen molar-refractivity contribution in [3.8, 4) is 0 Å². The summed E-state index contributed by atoms with van der Waals surface area (Å²) in [5, 5.41) is 20.3. The smallest absolute Gasteiger partial charge is 0.326 e. The minimum absolute atomic E-state index is 0.200. The van der Waals surface area contributed by atoms with Gasteiger partial charge in [0.25, 0.3) is 5.91 Å². The number of rotatable bonds is 9. The first-order chi connectivity index (χ1) is 15.6. The van der Waals surface area contributed by atoms with Gasteiger partial charge in [0.05, 0.1) is 24.1 Å². The predicted molar refractivity (Wildman–Crippen MR) is 119 cm³/mol. The van der Waals surface area contributed by atoms with Crippen molar-refractivity contribution in [3.63, 3.8) is 0 Å². The molecular formula is C22H24N6O5. The Labute approximate surface area is 189 Å². The normalized spacial score (nSPS) is 11.7. The van der Waals surface area contributed by atoms with Crippen LogP contribution in [0.3, 0.4) is 0 Å². The Bertz CT molecular complexity index is 1200. The van der Waals surface area contributed by atoms with Crippen LogP contribution in [0.15, 0.2) is 30.5 Å². The minimum atomic E-state index is -1.28. The lowest BCUT2D eigenvalue weighted by Crippen LogP contribution is -2.41. The number of aryl methyl sites for hydroxylation is 2. The van der Waals surface area contributed by atoms with Crippen molar-refractivity contribution < 1.29 is 24.6 Å². The Balaban J connectivity index is 1.67. The number of carbonyl (C=O) groups excluding carboxylic acids is 1. The Kier molecular flexibility index (Phi) is 7.11. The van der Waals surface area contributed by atoms with Crippen LogP contribution in [0.5, 0.6) is 0 Å². The van der Waals surface area contributed by atoms with Crippen molar-refractivity contribution in [1.29, 1.82) is 0 Å². The molecule has 3 N–H and O–H groups in total. The van der Waals surface area contributed by atoms with Crippen molar-refractivity contribution >= 4 is 34.7 Å². The second-order valence-corrected chi connectivity index (χ2v) is 7.59. The number of amides is 1. The van der Waals surface area contributed by atoms with Gasteiger partial charge in [-0.05, 0) is 44.5 Å². The highest BCUT2D eigenvalue weighted by molar-refractivity contribution is 5.97. The predicted octanol–water partition coefficient (Wildman–Crippen LogP) is 1.72. The van der Waals surface area contributed by atoms with Crippen molar-refractivity contribution in [2.24, 2.45) is 0 Å². The largest absolute Gasteiger partial charge is 0.481 e. The number of benzene rings is 1. The van der Waals surface area contributed by atoms with Gasteiger partial charge < -0.3 is 20.4 Å². The molecule has 0 aliphatic heterocycles. The van der Waals surface area contributed by atoms with Gasteiger partial charge in [-0.15, -0.1) is 0 Å². The van der Waals surface area contributed by atoms with Crippen LogP contribution in [-0.4, -0.2) is 61.1 Å². The maximum Gasteiger partial charge on any atom is 0.326 e. The molecule has 0 saturated carbocycles. The van der Waals surface area contributed by atoms with E-state index in [9.17, 15) is 19.5 Å². The van der Waals surface area contributed by atoms with Crippen molar-refractivity contribution in [2.45, 2.75) is 39.3 Å². The molecule has 33 heavy (non-hydrogen) atoms. The molecule has 0 bridgehead atoms. The summed E-state index contributed by atoms with van der Waals surface area (Å²) in [6.07, 6.45) is 1.10. The molecule has 2 heterocycles. The van der Waals surface area contributed by atoms with E-state index in [4.69, 9.17) is 5.11 Å². The number of aromatic nitrogens is 4. The van der Waals surface area contributed by atoms with Gasteiger partial charge in [0.15, 0.2) is 5.65 Å². The molecule has 0 spiro atoms. The Hall–Kier alpha value is -4.15. The molecule has 1 aromatic carbocycles. The summed E-state index contributed by atoms with van der Waals surface area (Å²) in [4.78, 5) is 53.9. The third-order valence-corrected chi connectivity index (χ3v) is 4.96. The second-order valence-electron chi connectivity index (χ2n) is 7.59. The highest BCUT2D eigenvalue weighted by Crippen LogP contribution is 2.18. The van der Waals surface area contributed by atoms with Crippen LogP contribution in [-0.2, 0) is 16.1 Å². The maximum atomic E-state index is 12.4. The standard InChI is InChI=1S/C22H24N6O5/c1-12-19-20(25-13(2)24-12)23-10-15(26-19)11-28(3)16-6-4-14(5-7-16)21(31)27-17(22(32)33)8-9-18(29)30/h4-7,10,17H,8-9,11H2,1-3H3,(H,27,31)(H,29,30)(H,32,33)/t17-/m0/s1. The van der Waals surface area contributed by atoms with E-state index < -0.39 is 23.9 Å². The molecule has 0 unspecified atom stereocenters. The molecule has 0 fully saturated rings. The average molecular weight is 452 g/mol. The molecule has 3 aromatic rings. The third kappa shape index (κ3) is 5.97. The second kappa shape index (κ2) is 9.98. The number of hydrogen-bond donors (Lipinski definition) is 3. The lowest BCUT2D eigenvalue weighted by molar-refractivity contribution is -0.140. The Morgan fingerprint density at radius 2 is 1.76 bits per heavy atom. The molecule has 3 rings (SSSR count). The lowest BCUT2D eigenvalue weighted by atomic mass is 10.1. The zero-order chi connectivity index (χ0) is 24.1. The van der Waals surface area contributed by atoms with Crippen LogP contribution in [0.4, 0.5) is 5.69 Å². The average Bonchev–Trinajstić information content (AvgIpc) is 2.76. The fourth-order valence-corrected chi connectivity index (χ4v) is 3.26. The highest BCUT2D eigenvalue weighted by Gasteiger charge is 2.21. The van der Waals surface area contributed by atoms with E-state index in [1.165, 1.54) is 0 Å². The number of fused-ring (bicyclic) bond motifs is 1. The molecule has 172 valence electrons. The summed E-state index contributed by atoms with van der Waals surface area (Å²) in [7, 11) is 1.87. The van der Waals surface area contributed by atoms with Crippen LogP contribution >= 0.6 is 0 Å².